The fourth-order valence-electron chi connectivity index (χ4n) is 1.60. The van der Waals surface area contributed by atoms with Gasteiger partial charge in [0, 0.05) is 10.9 Å². The first kappa shape index (κ1) is 16.2. The van der Waals surface area contributed by atoms with Gasteiger partial charge < -0.3 is 25.9 Å². The van der Waals surface area contributed by atoms with Crippen molar-refractivity contribution < 1.29 is 29.7 Å². The number of nitrogen functional groups attached to an aromatic ring is 1. The molecule has 0 amide bonds. The molecular formula is C13H11N3O6S. The molecule has 0 spiro atoms. The molecule has 23 heavy (non-hydrogen) atoms. The summed E-state index contributed by atoms with van der Waals surface area (Å²) < 4.78 is 0. The van der Waals surface area contributed by atoms with Gasteiger partial charge in [0.05, 0.1) is 0 Å². The minimum absolute atomic E-state index is 0.0274. The maximum atomic E-state index is 11.3. The number of aldehydes is 1. The molecule has 0 bridgehead atoms. The molecule has 1 aromatic heterocycles. The van der Waals surface area contributed by atoms with Gasteiger partial charge in [0.1, 0.15) is 5.69 Å². The van der Waals surface area contributed by atoms with Crippen LogP contribution in [0.25, 0.3) is 0 Å². The molecule has 0 aliphatic carbocycles. The van der Waals surface area contributed by atoms with Crippen LogP contribution >= 0.6 is 11.3 Å². The van der Waals surface area contributed by atoms with E-state index < -0.39 is 23.6 Å². The average molecular weight is 337 g/mol. The quantitative estimate of drug-likeness (QED) is 0.262. The number of nitrogens with two attached hydrogens (primary N) is 1. The van der Waals surface area contributed by atoms with Crippen molar-refractivity contribution in [3.63, 3.8) is 0 Å². The van der Waals surface area contributed by atoms with Crippen molar-refractivity contribution in [2.45, 2.75) is 6.10 Å². The summed E-state index contributed by atoms with van der Waals surface area (Å²) >= 11 is 1.08. The third kappa shape index (κ3) is 3.74. The molecule has 9 nitrogen and oxygen atoms in total. The third-order valence-corrected chi connectivity index (χ3v) is 3.35. The molecule has 0 radical (unpaired) electrons. The fourth-order valence-corrected chi connectivity index (χ4v) is 2.15. The van der Waals surface area contributed by atoms with Crippen molar-refractivity contribution in [2.24, 2.45) is 5.16 Å². The monoisotopic (exact) mass is 337 g/mol. The molecule has 0 aliphatic rings. The highest BCUT2D eigenvalue weighted by molar-refractivity contribution is 7.13. The van der Waals surface area contributed by atoms with Crippen LogP contribution in [0.1, 0.15) is 17.4 Å². The Bertz CT molecular complexity index is 773. The molecular weight excluding hydrogens is 326 g/mol. The number of carboxylic acid groups (broad SMARTS) is 1. The van der Waals surface area contributed by atoms with Crippen LogP contribution in [0.3, 0.4) is 0 Å². The number of rotatable bonds is 6. The summed E-state index contributed by atoms with van der Waals surface area (Å²) in [7, 11) is 0. The van der Waals surface area contributed by atoms with Gasteiger partial charge in [-0.3, -0.25) is 4.79 Å². The van der Waals surface area contributed by atoms with Gasteiger partial charge in [-0.1, -0.05) is 11.2 Å². The number of nitrogens with zero attached hydrogens (tertiary/aromatic N) is 2. The molecule has 5 N–H and O–H groups in total. The molecule has 1 heterocycles. The van der Waals surface area contributed by atoms with E-state index in [4.69, 9.17) is 10.6 Å². The summed E-state index contributed by atoms with van der Waals surface area (Å²) in [4.78, 5) is 31.0. The maximum absolute atomic E-state index is 11.3. The maximum Gasteiger partial charge on any atom is 0.352 e. The molecule has 1 unspecified atom stereocenters. The number of benzene rings is 1. The summed E-state index contributed by atoms with van der Waals surface area (Å²) in [5.74, 6) is -2.32. The molecule has 10 heteroatoms. The lowest BCUT2D eigenvalue weighted by Crippen LogP contribution is -2.15. The van der Waals surface area contributed by atoms with Crippen LogP contribution in [0.4, 0.5) is 5.13 Å². The SMILES string of the molecule is Nc1nc(/C(C=O)=N/OC(C(=O)O)c2ccc(O)c(O)c2)cs1. The number of carboxylic acids is 1. The largest absolute Gasteiger partial charge is 0.504 e. The molecule has 120 valence electrons. The summed E-state index contributed by atoms with van der Waals surface area (Å²) in [5.41, 5.74) is 5.40. The van der Waals surface area contributed by atoms with E-state index in [1.807, 2.05) is 0 Å². The van der Waals surface area contributed by atoms with Crippen molar-refractivity contribution in [2.75, 3.05) is 5.73 Å². The van der Waals surface area contributed by atoms with Gasteiger partial charge in [-0.25, -0.2) is 9.78 Å². The molecule has 2 rings (SSSR count). The van der Waals surface area contributed by atoms with Crippen LogP contribution in [0.15, 0.2) is 28.7 Å². The number of carbonyl (C=O) groups excluding carboxylic acids is 1. The first-order valence-electron chi connectivity index (χ1n) is 6.07. The van der Waals surface area contributed by atoms with Crippen LogP contribution < -0.4 is 5.73 Å². The fraction of sp³-hybridized carbons (Fsp3) is 0.0769. The highest BCUT2D eigenvalue weighted by Crippen LogP contribution is 2.29. The van der Waals surface area contributed by atoms with Crippen LogP contribution in [-0.2, 0) is 14.4 Å². The Morgan fingerprint density at radius 3 is 2.65 bits per heavy atom. The zero-order valence-electron chi connectivity index (χ0n) is 11.4. The Hall–Kier alpha value is -3.14. The Labute approximate surface area is 133 Å². The van der Waals surface area contributed by atoms with Gasteiger partial charge in [0.25, 0.3) is 0 Å². The predicted octanol–water partition coefficient (Wildman–Crippen LogP) is 0.882. The Morgan fingerprint density at radius 1 is 1.39 bits per heavy atom. The Kier molecular flexibility index (Phi) is 4.76. The Balaban J connectivity index is 2.28. The lowest BCUT2D eigenvalue weighted by atomic mass is 10.1. The highest BCUT2D eigenvalue weighted by atomic mass is 32.1. The second kappa shape index (κ2) is 6.75. The number of hydrogen-bond donors (Lipinski definition) is 4. The normalized spacial score (nSPS) is 12.6. The number of carbonyl (C=O) groups is 2. The van der Waals surface area contributed by atoms with E-state index in [-0.39, 0.29) is 22.1 Å². The lowest BCUT2D eigenvalue weighted by Gasteiger charge is -2.11. The first-order chi connectivity index (χ1) is 10.9. The van der Waals surface area contributed by atoms with Crippen LogP contribution in [-0.4, -0.2) is 38.3 Å². The summed E-state index contributed by atoms with van der Waals surface area (Å²) in [6, 6.07) is 3.37. The Morgan fingerprint density at radius 2 is 2.13 bits per heavy atom. The molecule has 0 fully saturated rings. The summed E-state index contributed by atoms with van der Waals surface area (Å²) in [5, 5.41) is 33.0. The van der Waals surface area contributed by atoms with Crippen LogP contribution in [0.5, 0.6) is 11.5 Å². The third-order valence-electron chi connectivity index (χ3n) is 2.68. The number of aromatic hydroxyl groups is 2. The standard InChI is InChI=1S/C13H11N3O6S/c14-13-15-8(5-23-13)7(4-17)16-22-11(12(20)21)6-1-2-9(18)10(19)3-6/h1-5,11,18-19H,(H2,14,15)(H,20,21)/b16-7+. The number of aliphatic carboxylic acids is 1. The van der Waals surface area contributed by atoms with Gasteiger partial charge in [0.2, 0.25) is 6.10 Å². The van der Waals surface area contributed by atoms with Gasteiger partial charge in [-0.05, 0) is 12.1 Å². The molecule has 1 aromatic carbocycles. The topological polar surface area (TPSA) is 155 Å². The predicted molar refractivity (Wildman–Crippen MR) is 80.4 cm³/mol. The number of aromatic nitrogens is 1. The molecule has 2 aromatic rings. The minimum atomic E-state index is -1.59. The molecule has 0 saturated carbocycles. The second-order valence-corrected chi connectivity index (χ2v) is 5.13. The number of phenolic OH excluding ortho intramolecular Hbond substituents is 2. The smallest absolute Gasteiger partial charge is 0.352 e. The van der Waals surface area contributed by atoms with E-state index in [0.29, 0.717) is 6.29 Å². The first-order valence-corrected chi connectivity index (χ1v) is 6.95. The van der Waals surface area contributed by atoms with E-state index in [0.717, 1.165) is 23.5 Å². The van der Waals surface area contributed by atoms with Crippen molar-refractivity contribution in [1.82, 2.24) is 4.98 Å². The zero-order chi connectivity index (χ0) is 17.0. The van der Waals surface area contributed by atoms with Crippen molar-refractivity contribution in [3.8, 4) is 11.5 Å². The molecule has 0 saturated heterocycles. The van der Waals surface area contributed by atoms with E-state index >= 15 is 0 Å². The van der Waals surface area contributed by atoms with Gasteiger partial charge in [0.15, 0.2) is 28.6 Å². The summed E-state index contributed by atoms with van der Waals surface area (Å²) in [6.45, 7) is 0. The van der Waals surface area contributed by atoms with E-state index in [1.54, 1.807) is 0 Å². The minimum Gasteiger partial charge on any atom is -0.504 e. The van der Waals surface area contributed by atoms with Crippen molar-refractivity contribution in [3.05, 3.63) is 34.8 Å². The number of anilines is 1. The zero-order valence-corrected chi connectivity index (χ0v) is 12.2. The molecule has 1 atom stereocenters. The number of thiazole rings is 1. The molecule has 0 aliphatic heterocycles. The number of oxime groups is 1. The summed E-state index contributed by atoms with van der Waals surface area (Å²) in [6.07, 6.45) is -1.24. The average Bonchev–Trinajstić information content (AvgIpc) is 2.93. The van der Waals surface area contributed by atoms with Crippen molar-refractivity contribution in [1.29, 1.82) is 0 Å². The van der Waals surface area contributed by atoms with E-state index in [2.05, 4.69) is 10.1 Å². The number of hydrogen-bond acceptors (Lipinski definition) is 9. The van der Waals surface area contributed by atoms with Gasteiger partial charge >= 0.3 is 5.97 Å². The highest BCUT2D eigenvalue weighted by Gasteiger charge is 2.23. The van der Waals surface area contributed by atoms with E-state index in [1.165, 1.54) is 11.4 Å². The van der Waals surface area contributed by atoms with Gasteiger partial charge in [-0.2, -0.15) is 0 Å². The lowest BCUT2D eigenvalue weighted by molar-refractivity contribution is -0.151. The number of phenols is 2. The van der Waals surface area contributed by atoms with Gasteiger partial charge in [-0.15, -0.1) is 11.3 Å². The van der Waals surface area contributed by atoms with Crippen LogP contribution in [0, 0.1) is 0 Å². The van der Waals surface area contributed by atoms with E-state index in [9.17, 15) is 24.9 Å². The second-order valence-electron chi connectivity index (χ2n) is 4.24. The van der Waals surface area contributed by atoms with Crippen LogP contribution in [0.2, 0.25) is 0 Å². The van der Waals surface area contributed by atoms with Crippen molar-refractivity contribution >= 4 is 34.4 Å².